The molecule has 0 saturated heterocycles. The Kier molecular flexibility index (Phi) is 4.15. The van der Waals surface area contributed by atoms with E-state index in [0.717, 1.165) is 5.56 Å². The van der Waals surface area contributed by atoms with Crippen LogP contribution >= 0.6 is 0 Å². The maximum atomic E-state index is 11.7. The molecule has 0 fully saturated rings. The van der Waals surface area contributed by atoms with Gasteiger partial charge in [0.15, 0.2) is 12.4 Å². The molecule has 0 aliphatic heterocycles. The van der Waals surface area contributed by atoms with Crippen LogP contribution in [0.2, 0.25) is 0 Å². The number of benzene rings is 1. The average molecular weight is 260 g/mol. The van der Waals surface area contributed by atoms with Crippen LogP contribution in [0.4, 0.5) is 5.82 Å². The lowest BCUT2D eigenvalue weighted by Gasteiger charge is -2.09. The first-order valence-corrected chi connectivity index (χ1v) is 5.89. The smallest absolute Gasteiger partial charge is 0.263 e. The van der Waals surface area contributed by atoms with E-state index < -0.39 is 0 Å². The fraction of sp³-hybridized carbons (Fsp3) is 0.231. The standard InChI is InChI=1S/C13H16N4O2/c1-17-7-6-12(16-17)15-13(18)9-19-11-5-3-2-4-10(11)8-14/h2-7H,8-9,14H2,1H3,(H,15,16,18). The third-order valence-electron chi connectivity index (χ3n) is 2.53. The van der Waals surface area contributed by atoms with E-state index in [1.54, 1.807) is 30.1 Å². The molecule has 6 nitrogen and oxygen atoms in total. The van der Waals surface area contributed by atoms with Gasteiger partial charge in [-0.25, -0.2) is 0 Å². The minimum Gasteiger partial charge on any atom is -0.483 e. The highest BCUT2D eigenvalue weighted by Crippen LogP contribution is 2.16. The van der Waals surface area contributed by atoms with Crippen LogP contribution in [0.3, 0.4) is 0 Å². The summed E-state index contributed by atoms with van der Waals surface area (Å²) in [5.74, 6) is 0.870. The topological polar surface area (TPSA) is 82.2 Å². The Labute approximate surface area is 111 Å². The van der Waals surface area contributed by atoms with Crippen molar-refractivity contribution >= 4 is 11.7 Å². The van der Waals surface area contributed by atoms with Gasteiger partial charge in [0, 0.05) is 31.4 Å². The van der Waals surface area contributed by atoms with Crippen molar-refractivity contribution in [3.05, 3.63) is 42.1 Å². The number of nitrogens with zero attached hydrogens (tertiary/aromatic N) is 2. The molecule has 1 heterocycles. The van der Waals surface area contributed by atoms with E-state index in [1.807, 2.05) is 18.2 Å². The Morgan fingerprint density at radius 3 is 2.89 bits per heavy atom. The highest BCUT2D eigenvalue weighted by Gasteiger charge is 2.07. The molecular weight excluding hydrogens is 244 g/mol. The molecule has 1 aromatic heterocycles. The molecule has 2 aromatic rings. The number of hydrogen-bond acceptors (Lipinski definition) is 4. The zero-order chi connectivity index (χ0) is 13.7. The Bertz CT molecular complexity index is 565. The number of carbonyl (C=O) groups excluding carboxylic acids is 1. The molecule has 0 atom stereocenters. The Balaban J connectivity index is 1.89. The van der Waals surface area contributed by atoms with Gasteiger partial charge in [0.05, 0.1) is 0 Å². The van der Waals surface area contributed by atoms with Gasteiger partial charge in [-0.05, 0) is 6.07 Å². The maximum absolute atomic E-state index is 11.7. The SMILES string of the molecule is Cn1ccc(NC(=O)COc2ccccc2CN)n1. The third kappa shape index (κ3) is 3.56. The second-order valence-corrected chi connectivity index (χ2v) is 4.02. The molecule has 1 aromatic carbocycles. The van der Waals surface area contributed by atoms with Gasteiger partial charge in [-0.15, -0.1) is 0 Å². The number of nitrogens with two attached hydrogens (primary N) is 1. The molecule has 19 heavy (non-hydrogen) atoms. The van der Waals surface area contributed by atoms with Gasteiger partial charge in [-0.1, -0.05) is 18.2 Å². The average Bonchev–Trinajstić information content (AvgIpc) is 2.82. The zero-order valence-electron chi connectivity index (χ0n) is 10.7. The van der Waals surface area contributed by atoms with Crippen LogP contribution in [0.1, 0.15) is 5.56 Å². The normalized spacial score (nSPS) is 10.2. The summed E-state index contributed by atoms with van der Waals surface area (Å²) in [4.78, 5) is 11.7. The molecule has 0 radical (unpaired) electrons. The number of amides is 1. The first kappa shape index (κ1) is 13.1. The summed E-state index contributed by atoms with van der Waals surface area (Å²) in [5.41, 5.74) is 6.46. The Morgan fingerprint density at radius 1 is 1.42 bits per heavy atom. The lowest BCUT2D eigenvalue weighted by Crippen LogP contribution is -2.21. The number of aromatic nitrogens is 2. The quantitative estimate of drug-likeness (QED) is 0.836. The summed E-state index contributed by atoms with van der Waals surface area (Å²) in [6.45, 7) is 0.297. The second-order valence-electron chi connectivity index (χ2n) is 4.02. The van der Waals surface area contributed by atoms with E-state index >= 15 is 0 Å². The second kappa shape index (κ2) is 6.01. The molecule has 0 aliphatic carbocycles. The van der Waals surface area contributed by atoms with E-state index in [-0.39, 0.29) is 12.5 Å². The summed E-state index contributed by atoms with van der Waals surface area (Å²) in [5, 5.41) is 6.69. The molecule has 0 saturated carbocycles. The number of rotatable bonds is 5. The minimum atomic E-state index is -0.259. The lowest BCUT2D eigenvalue weighted by molar-refractivity contribution is -0.118. The molecular formula is C13H16N4O2. The monoisotopic (exact) mass is 260 g/mol. The summed E-state index contributed by atoms with van der Waals surface area (Å²) in [6.07, 6.45) is 1.75. The number of hydrogen-bond donors (Lipinski definition) is 2. The maximum Gasteiger partial charge on any atom is 0.263 e. The number of para-hydroxylation sites is 1. The van der Waals surface area contributed by atoms with Crippen molar-refractivity contribution in [2.75, 3.05) is 11.9 Å². The van der Waals surface area contributed by atoms with Crippen molar-refractivity contribution in [2.24, 2.45) is 12.8 Å². The van der Waals surface area contributed by atoms with Gasteiger partial charge in [0.2, 0.25) is 0 Å². The number of nitrogens with one attached hydrogen (secondary N) is 1. The number of ether oxygens (including phenoxy) is 1. The van der Waals surface area contributed by atoms with Crippen LogP contribution < -0.4 is 15.8 Å². The first-order valence-electron chi connectivity index (χ1n) is 5.89. The molecule has 0 spiro atoms. The Hall–Kier alpha value is -2.34. The first-order chi connectivity index (χ1) is 9.19. The van der Waals surface area contributed by atoms with E-state index in [1.165, 1.54) is 0 Å². The van der Waals surface area contributed by atoms with Gasteiger partial charge < -0.3 is 15.8 Å². The molecule has 0 aliphatic rings. The predicted octanol–water partition coefficient (Wildman–Crippen LogP) is 0.896. The summed E-state index contributed by atoms with van der Waals surface area (Å²) in [6, 6.07) is 9.09. The number of carbonyl (C=O) groups is 1. The molecule has 3 N–H and O–H groups in total. The van der Waals surface area contributed by atoms with Crippen LogP contribution in [-0.4, -0.2) is 22.3 Å². The molecule has 6 heteroatoms. The van der Waals surface area contributed by atoms with Crippen molar-refractivity contribution in [2.45, 2.75) is 6.54 Å². The third-order valence-corrected chi connectivity index (χ3v) is 2.53. The van der Waals surface area contributed by atoms with E-state index in [4.69, 9.17) is 10.5 Å². The molecule has 100 valence electrons. The fourth-order valence-corrected chi connectivity index (χ4v) is 1.62. The van der Waals surface area contributed by atoms with Gasteiger partial charge in [0.25, 0.3) is 5.91 Å². The predicted molar refractivity (Wildman–Crippen MR) is 71.7 cm³/mol. The summed E-state index contributed by atoms with van der Waals surface area (Å²) >= 11 is 0. The van der Waals surface area contributed by atoms with Crippen LogP contribution in [0.15, 0.2) is 36.5 Å². The van der Waals surface area contributed by atoms with E-state index in [9.17, 15) is 4.79 Å². The fourth-order valence-electron chi connectivity index (χ4n) is 1.62. The summed E-state index contributed by atoms with van der Waals surface area (Å²) in [7, 11) is 1.78. The van der Waals surface area contributed by atoms with Crippen molar-refractivity contribution in [1.82, 2.24) is 9.78 Å². The molecule has 1 amide bonds. The Morgan fingerprint density at radius 2 is 2.21 bits per heavy atom. The number of anilines is 1. The van der Waals surface area contributed by atoms with Crippen molar-refractivity contribution in [3.63, 3.8) is 0 Å². The van der Waals surface area contributed by atoms with Gasteiger partial charge in [-0.3, -0.25) is 9.48 Å². The molecule has 2 rings (SSSR count). The molecule has 0 bridgehead atoms. The number of aryl methyl sites for hydroxylation is 1. The molecule has 0 unspecified atom stereocenters. The van der Waals surface area contributed by atoms with Gasteiger partial charge in [0.1, 0.15) is 5.75 Å². The minimum absolute atomic E-state index is 0.0758. The van der Waals surface area contributed by atoms with Gasteiger partial charge in [-0.2, -0.15) is 5.10 Å². The van der Waals surface area contributed by atoms with Crippen LogP contribution in [0.25, 0.3) is 0 Å². The highest BCUT2D eigenvalue weighted by molar-refractivity contribution is 5.90. The lowest BCUT2D eigenvalue weighted by atomic mass is 10.2. The zero-order valence-corrected chi connectivity index (χ0v) is 10.7. The van der Waals surface area contributed by atoms with Crippen molar-refractivity contribution in [1.29, 1.82) is 0 Å². The van der Waals surface area contributed by atoms with E-state index in [2.05, 4.69) is 10.4 Å². The highest BCUT2D eigenvalue weighted by atomic mass is 16.5. The largest absolute Gasteiger partial charge is 0.483 e. The van der Waals surface area contributed by atoms with E-state index in [0.29, 0.717) is 18.1 Å². The van der Waals surface area contributed by atoms with Crippen molar-refractivity contribution in [3.8, 4) is 5.75 Å². The van der Waals surface area contributed by atoms with Gasteiger partial charge >= 0.3 is 0 Å². The van der Waals surface area contributed by atoms with Crippen LogP contribution in [-0.2, 0) is 18.4 Å². The van der Waals surface area contributed by atoms with Crippen LogP contribution in [0.5, 0.6) is 5.75 Å². The summed E-state index contributed by atoms with van der Waals surface area (Å²) < 4.78 is 7.05. The van der Waals surface area contributed by atoms with Crippen molar-refractivity contribution < 1.29 is 9.53 Å². The van der Waals surface area contributed by atoms with Crippen LogP contribution in [0, 0.1) is 0 Å².